The summed E-state index contributed by atoms with van der Waals surface area (Å²) in [5.41, 5.74) is 1.15. The van der Waals surface area contributed by atoms with Crippen molar-refractivity contribution in [2.45, 2.75) is 38.4 Å². The minimum absolute atomic E-state index is 0.422. The molecule has 1 fully saturated rings. The molecule has 1 saturated carbocycles. The maximum absolute atomic E-state index is 11.1. The smallest absolute Gasteiger partial charge is 0.320 e. The van der Waals surface area contributed by atoms with E-state index in [1.165, 1.54) is 0 Å². The molecule has 1 N–H and O–H groups in total. The number of rotatable bonds is 5. The van der Waals surface area contributed by atoms with Crippen LogP contribution >= 0.6 is 15.9 Å². The Morgan fingerprint density at radius 3 is 2.71 bits per heavy atom. The van der Waals surface area contributed by atoms with Crippen LogP contribution in [0.5, 0.6) is 0 Å². The number of hydrogen-bond acceptors (Lipinski definition) is 2. The fourth-order valence-corrected chi connectivity index (χ4v) is 2.36. The van der Waals surface area contributed by atoms with Crippen LogP contribution in [-0.4, -0.2) is 28.1 Å². The summed E-state index contributed by atoms with van der Waals surface area (Å²) in [6.45, 7) is 2.46. The lowest BCUT2D eigenvalue weighted by molar-refractivity contribution is -0.143. The largest absolute Gasteiger partial charge is 0.480 e. The quantitative estimate of drug-likeness (QED) is 0.908. The summed E-state index contributed by atoms with van der Waals surface area (Å²) in [4.78, 5) is 13.2. The van der Waals surface area contributed by atoms with Crippen molar-refractivity contribution in [1.82, 2.24) is 4.90 Å². The summed E-state index contributed by atoms with van der Waals surface area (Å²) in [5, 5.41) is 9.12. The highest BCUT2D eigenvalue weighted by Gasteiger charge is 2.35. The number of hydrogen-bond donors (Lipinski definition) is 1. The third-order valence-corrected chi connectivity index (χ3v) is 3.96. The van der Waals surface area contributed by atoms with Crippen LogP contribution in [0.15, 0.2) is 28.7 Å². The molecule has 1 atom stereocenters. The van der Waals surface area contributed by atoms with Crippen molar-refractivity contribution in [3.05, 3.63) is 34.3 Å². The molecule has 1 unspecified atom stereocenters. The van der Waals surface area contributed by atoms with E-state index < -0.39 is 12.0 Å². The second kappa shape index (κ2) is 5.19. The van der Waals surface area contributed by atoms with Crippen LogP contribution in [0.4, 0.5) is 0 Å². The molecule has 0 aromatic heterocycles. The van der Waals surface area contributed by atoms with E-state index in [1.54, 1.807) is 6.92 Å². The Morgan fingerprint density at radius 2 is 2.18 bits per heavy atom. The van der Waals surface area contributed by atoms with Gasteiger partial charge in [-0.15, -0.1) is 0 Å². The number of benzene rings is 1. The molecular formula is C13H16BrNO2. The lowest BCUT2D eigenvalue weighted by Gasteiger charge is -2.26. The van der Waals surface area contributed by atoms with E-state index in [0.29, 0.717) is 12.6 Å². The summed E-state index contributed by atoms with van der Waals surface area (Å²) >= 11 is 3.51. The molecule has 0 amide bonds. The summed E-state index contributed by atoms with van der Waals surface area (Å²) in [6, 6.07) is 7.99. The summed E-state index contributed by atoms with van der Waals surface area (Å²) in [7, 11) is 0. The summed E-state index contributed by atoms with van der Waals surface area (Å²) < 4.78 is 1.04. The van der Waals surface area contributed by atoms with Gasteiger partial charge < -0.3 is 5.11 Å². The zero-order valence-electron chi connectivity index (χ0n) is 9.77. The number of nitrogens with zero attached hydrogens (tertiary/aromatic N) is 1. The molecule has 1 aliphatic carbocycles. The predicted molar refractivity (Wildman–Crippen MR) is 69.8 cm³/mol. The van der Waals surface area contributed by atoms with E-state index in [0.717, 1.165) is 22.9 Å². The molecule has 3 nitrogen and oxygen atoms in total. The zero-order chi connectivity index (χ0) is 12.4. The fraction of sp³-hybridized carbons (Fsp3) is 0.462. The number of halogens is 1. The van der Waals surface area contributed by atoms with Crippen molar-refractivity contribution in [3.8, 4) is 0 Å². The van der Waals surface area contributed by atoms with E-state index >= 15 is 0 Å². The van der Waals surface area contributed by atoms with Gasteiger partial charge in [0, 0.05) is 17.1 Å². The highest BCUT2D eigenvalue weighted by Crippen LogP contribution is 2.31. The molecule has 1 aliphatic rings. The van der Waals surface area contributed by atoms with Gasteiger partial charge in [0.25, 0.3) is 0 Å². The molecule has 0 radical (unpaired) electrons. The third kappa shape index (κ3) is 3.07. The fourth-order valence-electron chi connectivity index (χ4n) is 1.95. The van der Waals surface area contributed by atoms with Crippen LogP contribution < -0.4 is 0 Å². The molecule has 0 saturated heterocycles. The molecule has 0 heterocycles. The first kappa shape index (κ1) is 12.6. The van der Waals surface area contributed by atoms with Gasteiger partial charge in [0.2, 0.25) is 0 Å². The second-order valence-corrected chi connectivity index (χ2v) is 5.36. The highest BCUT2D eigenvalue weighted by molar-refractivity contribution is 9.10. The first-order chi connectivity index (χ1) is 8.09. The Labute approximate surface area is 110 Å². The lowest BCUT2D eigenvalue weighted by atomic mass is 10.2. The highest BCUT2D eigenvalue weighted by atomic mass is 79.9. The van der Waals surface area contributed by atoms with Gasteiger partial charge in [0.15, 0.2) is 0 Å². The number of carboxylic acids is 1. The van der Waals surface area contributed by atoms with Crippen LogP contribution in [0.2, 0.25) is 0 Å². The minimum atomic E-state index is -0.746. The Bertz CT molecular complexity index is 418. The predicted octanol–water partition coefficient (Wildman–Crippen LogP) is 2.89. The van der Waals surface area contributed by atoms with E-state index in [1.807, 2.05) is 24.3 Å². The van der Waals surface area contributed by atoms with E-state index in [4.69, 9.17) is 5.11 Å². The molecule has 1 aromatic carbocycles. The molecule has 92 valence electrons. The van der Waals surface area contributed by atoms with Gasteiger partial charge in [0.05, 0.1) is 0 Å². The second-order valence-electron chi connectivity index (χ2n) is 4.51. The lowest BCUT2D eigenvalue weighted by Crippen LogP contribution is -2.40. The van der Waals surface area contributed by atoms with Crippen molar-refractivity contribution in [3.63, 3.8) is 0 Å². The van der Waals surface area contributed by atoms with Gasteiger partial charge >= 0.3 is 5.97 Å². The van der Waals surface area contributed by atoms with E-state index in [2.05, 4.69) is 20.8 Å². The topological polar surface area (TPSA) is 40.5 Å². The van der Waals surface area contributed by atoms with E-state index in [-0.39, 0.29) is 0 Å². The zero-order valence-corrected chi connectivity index (χ0v) is 11.4. The molecule has 1 aromatic rings. The van der Waals surface area contributed by atoms with Crippen molar-refractivity contribution in [1.29, 1.82) is 0 Å². The Kier molecular flexibility index (Phi) is 3.84. The van der Waals surface area contributed by atoms with Crippen LogP contribution in [0.25, 0.3) is 0 Å². The van der Waals surface area contributed by atoms with Crippen molar-refractivity contribution < 1.29 is 9.90 Å². The SMILES string of the molecule is CC(C(=O)O)N(Cc1ccccc1Br)C1CC1. The van der Waals surface area contributed by atoms with Gasteiger partial charge in [-0.25, -0.2) is 0 Å². The summed E-state index contributed by atoms with van der Waals surface area (Å²) in [6.07, 6.45) is 2.23. The number of carboxylic acid groups (broad SMARTS) is 1. The van der Waals surface area contributed by atoms with Gasteiger partial charge in [-0.05, 0) is 31.4 Å². The number of aliphatic carboxylic acids is 1. The van der Waals surface area contributed by atoms with Crippen LogP contribution in [0.1, 0.15) is 25.3 Å². The molecule has 17 heavy (non-hydrogen) atoms. The van der Waals surface area contributed by atoms with Gasteiger partial charge in [-0.3, -0.25) is 9.69 Å². The van der Waals surface area contributed by atoms with Crippen LogP contribution in [0, 0.1) is 0 Å². The molecule has 0 spiro atoms. The molecule has 2 rings (SSSR count). The van der Waals surface area contributed by atoms with Gasteiger partial charge in [0.1, 0.15) is 6.04 Å². The molecular weight excluding hydrogens is 282 g/mol. The van der Waals surface area contributed by atoms with Crippen LogP contribution in [-0.2, 0) is 11.3 Å². The Morgan fingerprint density at radius 1 is 1.53 bits per heavy atom. The maximum atomic E-state index is 11.1. The average molecular weight is 298 g/mol. The molecule has 4 heteroatoms. The first-order valence-electron chi connectivity index (χ1n) is 5.81. The van der Waals surface area contributed by atoms with Crippen LogP contribution in [0.3, 0.4) is 0 Å². The van der Waals surface area contributed by atoms with Gasteiger partial charge in [-0.2, -0.15) is 0 Å². The normalized spacial score (nSPS) is 17.1. The van der Waals surface area contributed by atoms with Gasteiger partial charge in [-0.1, -0.05) is 34.1 Å². The Balaban J connectivity index is 2.13. The third-order valence-electron chi connectivity index (χ3n) is 3.18. The standard InChI is InChI=1S/C13H16BrNO2/c1-9(13(16)17)15(11-6-7-11)8-10-4-2-3-5-12(10)14/h2-5,9,11H,6-8H2,1H3,(H,16,17). The first-order valence-corrected chi connectivity index (χ1v) is 6.61. The minimum Gasteiger partial charge on any atom is -0.480 e. The monoisotopic (exact) mass is 297 g/mol. The molecule has 0 aliphatic heterocycles. The molecule has 0 bridgehead atoms. The average Bonchev–Trinajstić information content (AvgIpc) is 3.11. The van der Waals surface area contributed by atoms with Crippen molar-refractivity contribution in [2.75, 3.05) is 0 Å². The van der Waals surface area contributed by atoms with Crippen molar-refractivity contribution >= 4 is 21.9 Å². The van der Waals surface area contributed by atoms with Crippen molar-refractivity contribution in [2.24, 2.45) is 0 Å². The maximum Gasteiger partial charge on any atom is 0.320 e. The number of carbonyl (C=O) groups is 1. The van der Waals surface area contributed by atoms with E-state index in [9.17, 15) is 4.79 Å². The Hall–Kier alpha value is -0.870. The summed E-state index contributed by atoms with van der Waals surface area (Å²) in [5.74, 6) is -0.746.